The molecule has 7 nitrogen and oxygen atoms in total. The number of nitrogens with zero attached hydrogens (tertiary/aromatic N) is 1. The smallest absolute Gasteiger partial charge is 0.238 e. The fraction of sp³-hybridized carbons (Fsp3) is 0.364. The van der Waals surface area contributed by atoms with Crippen molar-refractivity contribution in [3.05, 3.63) is 59.2 Å². The highest BCUT2D eigenvalue weighted by atomic mass is 16.5. The van der Waals surface area contributed by atoms with E-state index in [1.807, 2.05) is 61.2 Å². The van der Waals surface area contributed by atoms with Crippen molar-refractivity contribution in [2.45, 2.75) is 26.5 Å². The van der Waals surface area contributed by atoms with Crippen molar-refractivity contribution in [1.82, 2.24) is 10.2 Å². The van der Waals surface area contributed by atoms with Gasteiger partial charge < -0.3 is 21.1 Å². The highest BCUT2D eigenvalue weighted by Crippen LogP contribution is 2.27. The number of amides is 2. The number of carbonyl (C=O) groups is 2. The maximum atomic E-state index is 12.5. The number of nitrogens with one attached hydrogen (secondary N) is 2. The molecule has 0 aromatic heterocycles. The van der Waals surface area contributed by atoms with Gasteiger partial charge in [-0.1, -0.05) is 30.3 Å². The summed E-state index contributed by atoms with van der Waals surface area (Å²) in [6.07, 6.45) is 0. The Bertz CT molecular complexity index is 847. The molecule has 1 saturated heterocycles. The van der Waals surface area contributed by atoms with Crippen LogP contribution in [-0.4, -0.2) is 48.9 Å². The van der Waals surface area contributed by atoms with Crippen LogP contribution in [0.2, 0.25) is 0 Å². The number of aryl methyl sites for hydroxylation is 2. The van der Waals surface area contributed by atoms with E-state index >= 15 is 0 Å². The minimum Gasteiger partial charge on any atom is -0.489 e. The Balaban J connectivity index is 1.59. The third kappa shape index (κ3) is 5.79. The zero-order chi connectivity index (χ0) is 20.8. The highest BCUT2D eigenvalue weighted by Gasteiger charge is 2.24. The molecule has 7 heteroatoms. The number of carbonyl (C=O) groups excluding carboxylic acids is 2. The monoisotopic (exact) mass is 396 g/mol. The number of ether oxygens (including phenoxy) is 1. The molecule has 0 bridgehead atoms. The lowest BCUT2D eigenvalue weighted by Crippen LogP contribution is -2.57. The van der Waals surface area contributed by atoms with Gasteiger partial charge in [-0.05, 0) is 42.7 Å². The Morgan fingerprint density at radius 2 is 1.90 bits per heavy atom. The van der Waals surface area contributed by atoms with Crippen molar-refractivity contribution in [3.63, 3.8) is 0 Å². The fourth-order valence-electron chi connectivity index (χ4n) is 3.47. The van der Waals surface area contributed by atoms with Crippen LogP contribution in [0.15, 0.2) is 42.5 Å². The summed E-state index contributed by atoms with van der Waals surface area (Å²) in [4.78, 5) is 25.8. The zero-order valence-corrected chi connectivity index (χ0v) is 16.9. The largest absolute Gasteiger partial charge is 0.489 e. The number of anilines is 1. The summed E-state index contributed by atoms with van der Waals surface area (Å²) in [5.41, 5.74) is 9.14. The van der Waals surface area contributed by atoms with E-state index < -0.39 is 11.9 Å². The van der Waals surface area contributed by atoms with Crippen molar-refractivity contribution >= 4 is 17.5 Å². The molecule has 0 radical (unpaired) electrons. The number of benzene rings is 2. The quantitative estimate of drug-likeness (QED) is 0.660. The van der Waals surface area contributed by atoms with E-state index in [0.717, 1.165) is 28.1 Å². The lowest BCUT2D eigenvalue weighted by atomic mass is 10.1. The molecule has 3 rings (SSSR count). The molecule has 1 heterocycles. The molecule has 154 valence electrons. The van der Waals surface area contributed by atoms with E-state index in [0.29, 0.717) is 26.2 Å². The van der Waals surface area contributed by atoms with E-state index in [-0.39, 0.29) is 12.5 Å². The summed E-state index contributed by atoms with van der Waals surface area (Å²) < 4.78 is 5.90. The Hall–Kier alpha value is -2.90. The number of primary amides is 1. The molecule has 0 spiro atoms. The van der Waals surface area contributed by atoms with E-state index in [9.17, 15) is 9.59 Å². The second kappa shape index (κ2) is 9.54. The molecule has 1 atom stereocenters. The first-order valence-corrected chi connectivity index (χ1v) is 9.75. The average molecular weight is 396 g/mol. The summed E-state index contributed by atoms with van der Waals surface area (Å²) in [6, 6.07) is 13.4. The zero-order valence-electron chi connectivity index (χ0n) is 16.9. The summed E-state index contributed by atoms with van der Waals surface area (Å²) in [5.74, 6) is 0.264. The molecular weight excluding hydrogens is 368 g/mol. The normalized spacial score (nSPS) is 17.0. The first-order valence-electron chi connectivity index (χ1n) is 9.75. The predicted octanol–water partition coefficient (Wildman–Crippen LogP) is 1.58. The minimum atomic E-state index is -0.416. The Morgan fingerprint density at radius 3 is 2.55 bits per heavy atom. The fourth-order valence-corrected chi connectivity index (χ4v) is 3.47. The van der Waals surface area contributed by atoms with Crippen LogP contribution in [0, 0.1) is 13.8 Å². The van der Waals surface area contributed by atoms with E-state index in [1.165, 1.54) is 0 Å². The van der Waals surface area contributed by atoms with Crippen molar-refractivity contribution in [2.24, 2.45) is 5.73 Å². The predicted molar refractivity (Wildman–Crippen MR) is 113 cm³/mol. The van der Waals surface area contributed by atoms with Crippen LogP contribution < -0.4 is 21.1 Å². The molecule has 0 aliphatic carbocycles. The van der Waals surface area contributed by atoms with Gasteiger partial charge in [0.15, 0.2) is 0 Å². The molecule has 1 fully saturated rings. The number of nitrogens with two attached hydrogens (primary N) is 1. The summed E-state index contributed by atoms with van der Waals surface area (Å²) in [5, 5.41) is 6.06. The second-order valence-electron chi connectivity index (χ2n) is 7.40. The van der Waals surface area contributed by atoms with Crippen LogP contribution in [0.4, 0.5) is 5.69 Å². The maximum Gasteiger partial charge on any atom is 0.238 e. The molecular formula is C22H28N4O3. The van der Waals surface area contributed by atoms with Crippen molar-refractivity contribution in [2.75, 3.05) is 31.5 Å². The van der Waals surface area contributed by atoms with Crippen LogP contribution in [0.3, 0.4) is 0 Å². The van der Waals surface area contributed by atoms with Crippen molar-refractivity contribution in [3.8, 4) is 5.75 Å². The summed E-state index contributed by atoms with van der Waals surface area (Å²) >= 11 is 0. The van der Waals surface area contributed by atoms with Crippen LogP contribution in [-0.2, 0) is 16.2 Å². The van der Waals surface area contributed by atoms with E-state index in [1.54, 1.807) is 0 Å². The Morgan fingerprint density at radius 1 is 1.21 bits per heavy atom. The van der Waals surface area contributed by atoms with Crippen LogP contribution in [0.1, 0.15) is 16.7 Å². The van der Waals surface area contributed by atoms with Gasteiger partial charge >= 0.3 is 0 Å². The van der Waals surface area contributed by atoms with Gasteiger partial charge in [-0.15, -0.1) is 0 Å². The molecule has 2 aromatic rings. The average Bonchev–Trinajstić information content (AvgIpc) is 2.70. The van der Waals surface area contributed by atoms with Gasteiger partial charge in [0, 0.05) is 25.3 Å². The summed E-state index contributed by atoms with van der Waals surface area (Å²) in [6.45, 7) is 6.38. The third-order valence-corrected chi connectivity index (χ3v) is 4.99. The highest BCUT2D eigenvalue weighted by molar-refractivity contribution is 5.94. The van der Waals surface area contributed by atoms with Crippen LogP contribution in [0.5, 0.6) is 5.75 Å². The van der Waals surface area contributed by atoms with Gasteiger partial charge in [0.05, 0.1) is 12.6 Å². The first-order chi connectivity index (χ1) is 13.9. The minimum absolute atomic E-state index is 0.112. The number of piperazine rings is 1. The number of rotatable bonds is 7. The Kier molecular flexibility index (Phi) is 6.85. The number of hydrogen-bond acceptors (Lipinski definition) is 5. The molecule has 1 unspecified atom stereocenters. The molecule has 4 N–H and O–H groups in total. The molecule has 1 aliphatic rings. The van der Waals surface area contributed by atoms with Crippen LogP contribution in [0.25, 0.3) is 0 Å². The summed E-state index contributed by atoms with van der Waals surface area (Å²) in [7, 11) is 0. The van der Waals surface area contributed by atoms with E-state index in [2.05, 4.69) is 10.6 Å². The van der Waals surface area contributed by atoms with E-state index in [4.69, 9.17) is 10.5 Å². The number of hydrogen-bond donors (Lipinski definition) is 3. The SMILES string of the molecule is Cc1cc(OCc2ccccc2)cc(C)c1NC(=O)CN1CCNC(C(N)=O)C1. The molecule has 0 saturated carbocycles. The maximum absolute atomic E-state index is 12.5. The first kappa shape index (κ1) is 20.8. The molecule has 1 aliphatic heterocycles. The lowest BCUT2D eigenvalue weighted by Gasteiger charge is -2.31. The molecule has 2 aromatic carbocycles. The van der Waals surface area contributed by atoms with Gasteiger partial charge in [0.1, 0.15) is 12.4 Å². The van der Waals surface area contributed by atoms with Gasteiger partial charge in [0.25, 0.3) is 0 Å². The molecule has 2 amide bonds. The lowest BCUT2D eigenvalue weighted by molar-refractivity contribution is -0.123. The molecule has 29 heavy (non-hydrogen) atoms. The second-order valence-corrected chi connectivity index (χ2v) is 7.40. The topological polar surface area (TPSA) is 96.7 Å². The van der Waals surface area contributed by atoms with Gasteiger partial charge in [-0.3, -0.25) is 14.5 Å². The van der Waals surface area contributed by atoms with Gasteiger partial charge in [0.2, 0.25) is 11.8 Å². The van der Waals surface area contributed by atoms with Crippen molar-refractivity contribution in [1.29, 1.82) is 0 Å². The third-order valence-electron chi connectivity index (χ3n) is 4.99. The van der Waals surface area contributed by atoms with Crippen LogP contribution >= 0.6 is 0 Å². The van der Waals surface area contributed by atoms with Crippen molar-refractivity contribution < 1.29 is 14.3 Å². The van der Waals surface area contributed by atoms with Gasteiger partial charge in [-0.2, -0.15) is 0 Å². The Labute approximate surface area is 171 Å². The van der Waals surface area contributed by atoms with Gasteiger partial charge in [-0.25, -0.2) is 0 Å². The standard InChI is InChI=1S/C22H28N4O3/c1-15-10-18(29-14-17-6-4-3-5-7-17)11-16(2)21(15)25-20(27)13-26-9-8-24-19(12-26)22(23)28/h3-7,10-11,19,24H,8-9,12-14H2,1-2H3,(H2,23,28)(H,25,27).